The summed E-state index contributed by atoms with van der Waals surface area (Å²) in [6, 6.07) is 28.2. The molecule has 1 aromatic heterocycles. The number of fused-ring (bicyclic) bond motifs is 1. The summed E-state index contributed by atoms with van der Waals surface area (Å²) >= 11 is 0. The Bertz CT molecular complexity index is 1310. The fraction of sp³-hybridized carbons (Fsp3) is 0.179. The Hall–Kier alpha value is -3.99. The average molecular weight is 436 g/mol. The van der Waals surface area contributed by atoms with E-state index in [2.05, 4.69) is 36.4 Å². The monoisotopic (exact) mass is 435 g/mol. The van der Waals surface area contributed by atoms with Crippen LogP contribution in [0.2, 0.25) is 0 Å². The van der Waals surface area contributed by atoms with Gasteiger partial charge >= 0.3 is 0 Å². The third-order valence-corrected chi connectivity index (χ3v) is 6.25. The van der Waals surface area contributed by atoms with Crippen molar-refractivity contribution in [2.24, 2.45) is 0 Å². The summed E-state index contributed by atoms with van der Waals surface area (Å²) in [5.41, 5.74) is 5.50. The molecule has 164 valence electrons. The second kappa shape index (κ2) is 8.87. The molecule has 4 aromatic rings. The molecule has 1 aliphatic rings. The Morgan fingerprint density at radius 1 is 0.697 bits per heavy atom. The van der Waals surface area contributed by atoms with Crippen molar-refractivity contribution < 1.29 is 9.59 Å². The van der Waals surface area contributed by atoms with Crippen LogP contribution in [0.15, 0.2) is 84.9 Å². The normalized spacial score (nSPS) is 13.8. The van der Waals surface area contributed by atoms with Gasteiger partial charge in [-0.1, -0.05) is 72.8 Å². The first kappa shape index (κ1) is 20.9. The van der Waals surface area contributed by atoms with Crippen molar-refractivity contribution in [2.75, 3.05) is 26.2 Å². The lowest BCUT2D eigenvalue weighted by atomic mass is 10.00. The van der Waals surface area contributed by atoms with E-state index in [0.29, 0.717) is 31.7 Å². The van der Waals surface area contributed by atoms with Crippen LogP contribution in [0.4, 0.5) is 0 Å². The van der Waals surface area contributed by atoms with E-state index in [9.17, 15) is 9.59 Å². The molecule has 33 heavy (non-hydrogen) atoms. The van der Waals surface area contributed by atoms with Crippen LogP contribution in [0, 0.1) is 0 Å². The summed E-state index contributed by atoms with van der Waals surface area (Å²) < 4.78 is 0. The number of nitrogens with zero attached hydrogens (tertiary/aromatic N) is 3. The van der Waals surface area contributed by atoms with Gasteiger partial charge < -0.3 is 9.80 Å². The second-order valence-corrected chi connectivity index (χ2v) is 8.31. The largest absolute Gasteiger partial charge is 0.339 e. The highest BCUT2D eigenvalue weighted by molar-refractivity contribution is 6.07. The van der Waals surface area contributed by atoms with E-state index in [4.69, 9.17) is 4.98 Å². The maximum atomic E-state index is 13.5. The van der Waals surface area contributed by atoms with Crippen LogP contribution in [0.5, 0.6) is 0 Å². The third kappa shape index (κ3) is 4.22. The smallest absolute Gasteiger partial charge is 0.254 e. The van der Waals surface area contributed by atoms with Crippen molar-refractivity contribution >= 4 is 22.7 Å². The average Bonchev–Trinajstić information content (AvgIpc) is 2.88. The van der Waals surface area contributed by atoms with E-state index in [1.807, 2.05) is 53.4 Å². The number of carbonyl (C=O) groups is 2. The number of amides is 2. The molecule has 2 heterocycles. The molecule has 0 spiro atoms. The zero-order valence-corrected chi connectivity index (χ0v) is 18.6. The minimum absolute atomic E-state index is 0.0149. The summed E-state index contributed by atoms with van der Waals surface area (Å²) in [5.74, 6) is 0.0386. The molecule has 0 radical (unpaired) electrons. The van der Waals surface area contributed by atoms with Gasteiger partial charge in [0.2, 0.25) is 5.91 Å². The maximum Gasteiger partial charge on any atom is 0.254 e. The Kier molecular flexibility index (Phi) is 5.61. The highest BCUT2D eigenvalue weighted by atomic mass is 16.2. The quantitative estimate of drug-likeness (QED) is 0.461. The molecule has 0 N–H and O–H groups in total. The minimum Gasteiger partial charge on any atom is -0.339 e. The predicted molar refractivity (Wildman–Crippen MR) is 131 cm³/mol. The predicted octanol–water partition coefficient (Wildman–Crippen LogP) is 4.87. The second-order valence-electron chi connectivity index (χ2n) is 8.31. The zero-order chi connectivity index (χ0) is 22.8. The van der Waals surface area contributed by atoms with Crippen molar-refractivity contribution in [3.63, 3.8) is 0 Å². The number of hydrogen-bond donors (Lipinski definition) is 0. The first-order valence-corrected chi connectivity index (χ1v) is 11.2. The van der Waals surface area contributed by atoms with Crippen LogP contribution < -0.4 is 0 Å². The molecule has 2 amide bonds. The molecule has 0 atom stereocenters. The van der Waals surface area contributed by atoms with Gasteiger partial charge in [-0.3, -0.25) is 9.59 Å². The molecule has 5 rings (SSSR count). The number of pyridine rings is 1. The van der Waals surface area contributed by atoms with Crippen LogP contribution >= 0.6 is 0 Å². The number of rotatable bonds is 3. The molecule has 3 aromatic carbocycles. The molecule has 0 bridgehead atoms. The molecule has 1 fully saturated rings. The van der Waals surface area contributed by atoms with Gasteiger partial charge in [-0.15, -0.1) is 0 Å². The number of piperazine rings is 1. The highest BCUT2D eigenvalue weighted by Crippen LogP contribution is 2.28. The Morgan fingerprint density at radius 3 is 1.97 bits per heavy atom. The van der Waals surface area contributed by atoms with Gasteiger partial charge in [-0.25, -0.2) is 4.98 Å². The third-order valence-electron chi connectivity index (χ3n) is 6.25. The molecule has 1 aliphatic heterocycles. The summed E-state index contributed by atoms with van der Waals surface area (Å²) in [5, 5.41) is 0.848. The fourth-order valence-corrected chi connectivity index (χ4v) is 4.36. The number of aromatic nitrogens is 1. The van der Waals surface area contributed by atoms with Gasteiger partial charge in [0.1, 0.15) is 0 Å². The first-order valence-electron chi connectivity index (χ1n) is 11.2. The Labute approximate surface area is 193 Å². The van der Waals surface area contributed by atoms with E-state index in [-0.39, 0.29) is 11.8 Å². The van der Waals surface area contributed by atoms with Crippen LogP contribution in [0.1, 0.15) is 17.3 Å². The molecular formula is C28H25N3O2. The molecule has 0 saturated carbocycles. The van der Waals surface area contributed by atoms with Crippen molar-refractivity contribution in [3.05, 3.63) is 90.5 Å². The van der Waals surface area contributed by atoms with Crippen molar-refractivity contribution in [2.45, 2.75) is 6.92 Å². The lowest BCUT2D eigenvalue weighted by Gasteiger charge is -2.34. The van der Waals surface area contributed by atoms with Gasteiger partial charge in [0.25, 0.3) is 5.91 Å². The van der Waals surface area contributed by atoms with Gasteiger partial charge in [-0.2, -0.15) is 0 Å². The van der Waals surface area contributed by atoms with Gasteiger partial charge in [0.15, 0.2) is 0 Å². The number of para-hydroxylation sites is 1. The summed E-state index contributed by atoms with van der Waals surface area (Å²) in [4.78, 5) is 33.6. The SMILES string of the molecule is CC(=O)N1CCN(C(=O)c2cc(-c3ccc(-c4ccccc4)cc3)nc3ccccc23)CC1. The fourth-order valence-electron chi connectivity index (χ4n) is 4.36. The van der Waals surface area contributed by atoms with E-state index in [1.54, 1.807) is 11.8 Å². The summed E-state index contributed by atoms with van der Waals surface area (Å²) in [6.07, 6.45) is 0. The molecule has 5 heteroatoms. The lowest BCUT2D eigenvalue weighted by Crippen LogP contribution is -2.50. The van der Waals surface area contributed by atoms with E-state index < -0.39 is 0 Å². The van der Waals surface area contributed by atoms with Crippen molar-refractivity contribution in [1.82, 2.24) is 14.8 Å². The maximum absolute atomic E-state index is 13.5. The molecule has 0 unspecified atom stereocenters. The van der Waals surface area contributed by atoms with Crippen LogP contribution in [-0.2, 0) is 4.79 Å². The summed E-state index contributed by atoms with van der Waals surface area (Å²) in [7, 11) is 0. The van der Waals surface area contributed by atoms with Crippen LogP contribution in [0.25, 0.3) is 33.3 Å². The van der Waals surface area contributed by atoms with E-state index in [0.717, 1.165) is 33.3 Å². The van der Waals surface area contributed by atoms with E-state index >= 15 is 0 Å². The zero-order valence-electron chi connectivity index (χ0n) is 18.6. The van der Waals surface area contributed by atoms with Gasteiger partial charge in [0, 0.05) is 44.1 Å². The highest BCUT2D eigenvalue weighted by Gasteiger charge is 2.25. The number of benzene rings is 3. The Morgan fingerprint density at radius 2 is 1.27 bits per heavy atom. The number of carbonyl (C=O) groups excluding carboxylic acids is 2. The van der Waals surface area contributed by atoms with E-state index in [1.165, 1.54) is 0 Å². The first-order chi connectivity index (χ1) is 16.1. The van der Waals surface area contributed by atoms with Gasteiger partial charge in [0.05, 0.1) is 16.8 Å². The minimum atomic E-state index is -0.0149. The molecule has 5 nitrogen and oxygen atoms in total. The van der Waals surface area contributed by atoms with Crippen molar-refractivity contribution in [3.8, 4) is 22.4 Å². The topological polar surface area (TPSA) is 53.5 Å². The molecular weight excluding hydrogens is 410 g/mol. The molecule has 0 aliphatic carbocycles. The molecule has 1 saturated heterocycles. The summed E-state index contributed by atoms with van der Waals surface area (Å²) in [6.45, 7) is 3.78. The van der Waals surface area contributed by atoms with Crippen LogP contribution in [0.3, 0.4) is 0 Å². The standard InChI is InChI=1S/C28H25N3O2/c1-20(32)30-15-17-31(18-16-30)28(33)25-19-27(29-26-10-6-5-9-24(25)26)23-13-11-22(12-14-23)21-7-3-2-4-8-21/h2-14,19H,15-18H2,1H3. The van der Waals surface area contributed by atoms with Crippen LogP contribution in [-0.4, -0.2) is 52.8 Å². The van der Waals surface area contributed by atoms with Crippen molar-refractivity contribution in [1.29, 1.82) is 0 Å². The lowest BCUT2D eigenvalue weighted by molar-refractivity contribution is -0.130. The van der Waals surface area contributed by atoms with Gasteiger partial charge in [-0.05, 0) is 23.3 Å². The Balaban J connectivity index is 1.49. The number of hydrogen-bond acceptors (Lipinski definition) is 3.